The molecule has 27 heavy (non-hydrogen) atoms. The van der Waals surface area contributed by atoms with Gasteiger partial charge in [-0.3, -0.25) is 0 Å². The average Bonchev–Trinajstić information content (AvgIpc) is 2.69. The fraction of sp³-hybridized carbons (Fsp3) is 0.100. The molecule has 0 aliphatic rings. The number of fused-ring (bicyclic) bond motifs is 1. The number of benzene rings is 2. The summed E-state index contributed by atoms with van der Waals surface area (Å²) in [6.45, 7) is 2.04. The molecule has 4 aromatic rings. The lowest BCUT2D eigenvalue weighted by Crippen LogP contribution is -2.04. The van der Waals surface area contributed by atoms with Gasteiger partial charge >= 0.3 is 0 Å². The summed E-state index contributed by atoms with van der Waals surface area (Å²) in [5.41, 5.74) is 4.04. The summed E-state index contributed by atoms with van der Waals surface area (Å²) in [6, 6.07) is 15.6. The SMILES string of the molecule is COc1ccc(Nc2nc(Nc3cccc(C)c3)nc3nccnc23)cc1. The summed E-state index contributed by atoms with van der Waals surface area (Å²) in [7, 11) is 1.64. The molecule has 4 rings (SSSR count). The van der Waals surface area contributed by atoms with Crippen LogP contribution >= 0.6 is 0 Å². The highest BCUT2D eigenvalue weighted by atomic mass is 16.5. The first-order valence-electron chi connectivity index (χ1n) is 8.45. The Kier molecular flexibility index (Phi) is 4.49. The minimum Gasteiger partial charge on any atom is -0.497 e. The van der Waals surface area contributed by atoms with E-state index in [9.17, 15) is 0 Å². The average molecular weight is 358 g/mol. The lowest BCUT2D eigenvalue weighted by Gasteiger charge is -2.11. The van der Waals surface area contributed by atoms with Crippen molar-refractivity contribution in [3.63, 3.8) is 0 Å². The summed E-state index contributed by atoms with van der Waals surface area (Å²) in [5.74, 6) is 1.81. The van der Waals surface area contributed by atoms with Crippen molar-refractivity contribution >= 4 is 34.3 Å². The Bertz CT molecular complexity index is 1080. The molecule has 7 nitrogen and oxygen atoms in total. The number of hydrogen-bond acceptors (Lipinski definition) is 7. The molecule has 0 saturated carbocycles. The molecular formula is C20H18N6O. The number of anilines is 4. The normalized spacial score (nSPS) is 10.6. The van der Waals surface area contributed by atoms with Crippen LogP contribution in [0.1, 0.15) is 5.56 Å². The van der Waals surface area contributed by atoms with Gasteiger partial charge in [0.2, 0.25) is 5.95 Å². The van der Waals surface area contributed by atoms with Crippen molar-refractivity contribution in [2.24, 2.45) is 0 Å². The Morgan fingerprint density at radius 2 is 1.67 bits per heavy atom. The summed E-state index contributed by atoms with van der Waals surface area (Å²) >= 11 is 0. The highest BCUT2D eigenvalue weighted by Gasteiger charge is 2.11. The third-order valence-corrected chi connectivity index (χ3v) is 3.96. The van der Waals surface area contributed by atoms with E-state index in [4.69, 9.17) is 4.74 Å². The largest absolute Gasteiger partial charge is 0.497 e. The van der Waals surface area contributed by atoms with Crippen LogP contribution in [0.15, 0.2) is 60.9 Å². The number of hydrogen-bond donors (Lipinski definition) is 2. The van der Waals surface area contributed by atoms with E-state index in [0.29, 0.717) is 22.9 Å². The molecule has 0 fully saturated rings. The first kappa shape index (κ1) is 16.7. The molecule has 0 bridgehead atoms. The molecule has 0 unspecified atom stereocenters. The fourth-order valence-electron chi connectivity index (χ4n) is 2.67. The first-order valence-corrected chi connectivity index (χ1v) is 8.45. The lowest BCUT2D eigenvalue weighted by atomic mass is 10.2. The van der Waals surface area contributed by atoms with Gasteiger partial charge < -0.3 is 15.4 Å². The third-order valence-electron chi connectivity index (χ3n) is 3.96. The van der Waals surface area contributed by atoms with Gasteiger partial charge in [0.25, 0.3) is 0 Å². The molecule has 0 atom stereocenters. The van der Waals surface area contributed by atoms with Crippen molar-refractivity contribution in [2.45, 2.75) is 6.92 Å². The molecule has 0 radical (unpaired) electrons. The Morgan fingerprint density at radius 1 is 0.852 bits per heavy atom. The van der Waals surface area contributed by atoms with Crippen molar-refractivity contribution in [1.29, 1.82) is 0 Å². The molecule has 7 heteroatoms. The van der Waals surface area contributed by atoms with Crippen LogP contribution in [0, 0.1) is 6.92 Å². The van der Waals surface area contributed by atoms with Crippen LogP contribution in [0.2, 0.25) is 0 Å². The molecule has 134 valence electrons. The van der Waals surface area contributed by atoms with Crippen molar-refractivity contribution in [1.82, 2.24) is 19.9 Å². The fourth-order valence-corrected chi connectivity index (χ4v) is 2.67. The van der Waals surface area contributed by atoms with Gasteiger partial charge in [0.15, 0.2) is 17.0 Å². The predicted molar refractivity (Wildman–Crippen MR) is 106 cm³/mol. The Labute approximate surface area is 156 Å². The van der Waals surface area contributed by atoms with Gasteiger partial charge in [0, 0.05) is 23.8 Å². The second-order valence-corrected chi connectivity index (χ2v) is 5.97. The number of rotatable bonds is 5. The molecule has 0 amide bonds. The molecule has 0 spiro atoms. The highest BCUT2D eigenvalue weighted by molar-refractivity contribution is 5.86. The maximum Gasteiger partial charge on any atom is 0.231 e. The van der Waals surface area contributed by atoms with Crippen LogP contribution in [-0.2, 0) is 0 Å². The topological polar surface area (TPSA) is 84.9 Å². The Hall–Kier alpha value is -3.74. The number of aromatic nitrogens is 4. The Balaban J connectivity index is 1.71. The monoisotopic (exact) mass is 358 g/mol. The summed E-state index contributed by atoms with van der Waals surface area (Å²) < 4.78 is 5.20. The quantitative estimate of drug-likeness (QED) is 0.552. The maximum atomic E-state index is 5.20. The number of methoxy groups -OCH3 is 1. The van der Waals surface area contributed by atoms with E-state index in [1.807, 2.05) is 55.5 Å². The highest BCUT2D eigenvalue weighted by Crippen LogP contribution is 2.25. The van der Waals surface area contributed by atoms with E-state index in [-0.39, 0.29) is 0 Å². The summed E-state index contributed by atoms with van der Waals surface area (Å²) in [5, 5.41) is 6.52. The standard InChI is InChI=1S/C20H18N6O/c1-13-4-3-5-15(12-13)24-20-25-18-17(21-10-11-22-18)19(26-20)23-14-6-8-16(27-2)9-7-14/h3-12H,1-2H3,(H2,22,23,24,25,26). The molecule has 2 N–H and O–H groups in total. The van der Waals surface area contributed by atoms with Crippen LogP contribution in [0.25, 0.3) is 11.2 Å². The molecule has 2 aromatic heterocycles. The second-order valence-electron chi connectivity index (χ2n) is 5.97. The van der Waals surface area contributed by atoms with Gasteiger partial charge in [-0.25, -0.2) is 9.97 Å². The molecule has 2 aromatic carbocycles. The zero-order chi connectivity index (χ0) is 18.6. The van der Waals surface area contributed by atoms with Crippen molar-refractivity contribution in [3.8, 4) is 5.75 Å². The van der Waals surface area contributed by atoms with E-state index in [1.54, 1.807) is 19.5 Å². The van der Waals surface area contributed by atoms with Crippen molar-refractivity contribution in [3.05, 3.63) is 66.5 Å². The van der Waals surface area contributed by atoms with E-state index in [1.165, 1.54) is 0 Å². The van der Waals surface area contributed by atoms with Gasteiger partial charge in [0.1, 0.15) is 5.75 Å². The van der Waals surface area contributed by atoms with Crippen molar-refractivity contribution in [2.75, 3.05) is 17.7 Å². The van der Waals surface area contributed by atoms with Gasteiger partial charge in [-0.2, -0.15) is 9.97 Å². The van der Waals surface area contributed by atoms with Crippen molar-refractivity contribution < 1.29 is 4.74 Å². The molecule has 0 saturated heterocycles. The summed E-state index contributed by atoms with van der Waals surface area (Å²) in [4.78, 5) is 17.8. The second kappa shape index (κ2) is 7.25. The van der Waals surface area contributed by atoms with E-state index >= 15 is 0 Å². The zero-order valence-electron chi connectivity index (χ0n) is 15.0. The van der Waals surface area contributed by atoms with Crippen LogP contribution < -0.4 is 15.4 Å². The number of nitrogens with one attached hydrogen (secondary N) is 2. The molecular weight excluding hydrogens is 340 g/mol. The predicted octanol–water partition coefficient (Wildman–Crippen LogP) is 4.22. The third kappa shape index (κ3) is 3.77. The lowest BCUT2D eigenvalue weighted by molar-refractivity contribution is 0.415. The van der Waals surface area contributed by atoms with Gasteiger partial charge in [-0.15, -0.1) is 0 Å². The number of ether oxygens (including phenoxy) is 1. The minimum absolute atomic E-state index is 0.449. The van der Waals surface area contributed by atoms with Crippen LogP contribution in [0.4, 0.5) is 23.1 Å². The molecule has 0 aliphatic heterocycles. The van der Waals surface area contributed by atoms with E-state index in [0.717, 1.165) is 22.7 Å². The molecule has 0 aliphatic carbocycles. The van der Waals surface area contributed by atoms with Crippen LogP contribution in [0.5, 0.6) is 5.75 Å². The molecule has 2 heterocycles. The van der Waals surface area contributed by atoms with Gasteiger partial charge in [0.05, 0.1) is 7.11 Å². The minimum atomic E-state index is 0.449. The summed E-state index contributed by atoms with van der Waals surface area (Å²) in [6.07, 6.45) is 3.24. The number of nitrogens with zero attached hydrogens (tertiary/aromatic N) is 4. The smallest absolute Gasteiger partial charge is 0.231 e. The first-order chi connectivity index (χ1) is 13.2. The van der Waals surface area contributed by atoms with Gasteiger partial charge in [-0.1, -0.05) is 12.1 Å². The zero-order valence-corrected chi connectivity index (χ0v) is 15.0. The van der Waals surface area contributed by atoms with Gasteiger partial charge in [-0.05, 0) is 48.9 Å². The van der Waals surface area contributed by atoms with E-state index in [2.05, 4.69) is 30.6 Å². The van der Waals surface area contributed by atoms with Crippen LogP contribution in [-0.4, -0.2) is 27.0 Å². The van der Waals surface area contributed by atoms with E-state index < -0.39 is 0 Å². The Morgan fingerprint density at radius 3 is 2.44 bits per heavy atom. The number of aryl methyl sites for hydroxylation is 1. The maximum absolute atomic E-state index is 5.20. The van der Waals surface area contributed by atoms with Crippen LogP contribution in [0.3, 0.4) is 0 Å².